The van der Waals surface area contributed by atoms with E-state index in [9.17, 15) is 4.79 Å². The molecule has 0 aliphatic heterocycles. The van der Waals surface area contributed by atoms with Gasteiger partial charge in [0.25, 0.3) is 0 Å². The van der Waals surface area contributed by atoms with Crippen LogP contribution in [0.5, 0.6) is 0 Å². The summed E-state index contributed by atoms with van der Waals surface area (Å²) in [6.45, 7) is 4.26. The van der Waals surface area contributed by atoms with Crippen LogP contribution in [0.15, 0.2) is 24.3 Å². The minimum atomic E-state index is -1.75. The lowest BCUT2D eigenvalue weighted by atomic mass is 10.0. The van der Waals surface area contributed by atoms with Crippen molar-refractivity contribution in [3.8, 4) is 0 Å². The number of unbranched alkanes of at least 4 members (excludes halogenated alkanes) is 12. The van der Waals surface area contributed by atoms with Crippen LogP contribution in [-0.2, 0) is 4.79 Å². The smallest absolute Gasteiger partial charge is 0.228 e. The molecule has 0 bridgehead atoms. The van der Waals surface area contributed by atoms with Crippen molar-refractivity contribution in [2.75, 3.05) is 5.32 Å². The van der Waals surface area contributed by atoms with E-state index in [4.69, 9.17) is 47.0 Å². The third-order valence-electron chi connectivity index (χ3n) is 5.72. The summed E-state index contributed by atoms with van der Waals surface area (Å²) in [4.78, 5) is 12.4. The molecule has 0 fully saturated rings. The highest BCUT2D eigenvalue weighted by Gasteiger charge is 2.34. The van der Waals surface area contributed by atoms with Gasteiger partial charge in [-0.05, 0) is 37.7 Å². The van der Waals surface area contributed by atoms with E-state index in [1.54, 1.807) is 0 Å². The molecule has 1 rings (SSSR count). The van der Waals surface area contributed by atoms with Crippen molar-refractivity contribution in [3.05, 3.63) is 29.8 Å². The average molecular weight is 551 g/mol. The largest absolute Gasteiger partial charge is 0.339 e. The predicted molar refractivity (Wildman–Crippen MR) is 153 cm³/mol. The summed E-state index contributed by atoms with van der Waals surface area (Å²) in [7, 11) is 0. The molecule has 0 aromatic heterocycles. The second-order valence-corrected chi connectivity index (χ2v) is 11.8. The maximum Gasteiger partial charge on any atom is 0.228 e. The van der Waals surface area contributed by atoms with Gasteiger partial charge >= 0.3 is 0 Å². The van der Waals surface area contributed by atoms with Crippen LogP contribution in [0.1, 0.15) is 102 Å². The Hall–Kier alpha value is -0.750. The van der Waals surface area contributed by atoms with E-state index in [1.165, 1.54) is 64.2 Å². The zero-order valence-electron chi connectivity index (χ0n) is 20.7. The quantitative estimate of drug-likeness (QED) is 0.0787. The van der Waals surface area contributed by atoms with Gasteiger partial charge < -0.3 is 16.0 Å². The monoisotopic (exact) mass is 549 g/mol. The molecule has 0 heterocycles. The standard InChI is InChI=1S/C26H42Cl3N3OS/c1-3-4-5-6-7-8-9-10-11-12-13-14-15-16-23(33)31-24(26(27,28)29)32-25(34)30-22-19-17-21(2)18-20-22/h17-20,24H,3-16H2,1-2H3,(H,31,33)(H2,30,32,34)/t24-/m1/s1. The van der Waals surface area contributed by atoms with Crippen molar-refractivity contribution in [1.82, 2.24) is 10.6 Å². The first-order valence-electron chi connectivity index (χ1n) is 12.7. The first-order valence-corrected chi connectivity index (χ1v) is 14.3. The fourth-order valence-corrected chi connectivity index (χ4v) is 4.23. The maximum atomic E-state index is 12.4. The molecule has 0 spiro atoms. The molecule has 4 nitrogen and oxygen atoms in total. The molecule has 1 aromatic carbocycles. The summed E-state index contributed by atoms with van der Waals surface area (Å²) in [5, 5.41) is 8.94. The molecule has 0 aliphatic carbocycles. The molecule has 1 atom stereocenters. The van der Waals surface area contributed by atoms with Gasteiger partial charge in [-0.1, -0.05) is 136 Å². The second-order valence-electron chi connectivity index (χ2n) is 9.00. The maximum absolute atomic E-state index is 12.4. The van der Waals surface area contributed by atoms with Crippen LogP contribution in [0.4, 0.5) is 5.69 Å². The van der Waals surface area contributed by atoms with Crippen LogP contribution >= 0.6 is 47.0 Å². The van der Waals surface area contributed by atoms with E-state index in [-0.39, 0.29) is 11.0 Å². The molecule has 3 N–H and O–H groups in total. The third kappa shape index (κ3) is 16.0. The summed E-state index contributed by atoms with van der Waals surface area (Å²) < 4.78 is -1.75. The van der Waals surface area contributed by atoms with E-state index in [1.807, 2.05) is 31.2 Å². The molecule has 194 valence electrons. The van der Waals surface area contributed by atoms with E-state index < -0.39 is 9.96 Å². The number of carbonyl (C=O) groups excluding carboxylic acids is 1. The Morgan fingerprint density at radius 2 is 1.29 bits per heavy atom. The van der Waals surface area contributed by atoms with E-state index >= 15 is 0 Å². The Bertz CT molecular complexity index is 696. The summed E-state index contributed by atoms with van der Waals surface area (Å²) >= 11 is 23.5. The number of halogens is 3. The van der Waals surface area contributed by atoms with Gasteiger partial charge in [-0.25, -0.2) is 0 Å². The highest BCUT2D eigenvalue weighted by molar-refractivity contribution is 7.80. The topological polar surface area (TPSA) is 53.2 Å². The first kappa shape index (κ1) is 31.3. The van der Waals surface area contributed by atoms with Gasteiger partial charge in [0.2, 0.25) is 9.70 Å². The summed E-state index contributed by atoms with van der Waals surface area (Å²) in [6, 6.07) is 7.74. The molecule has 1 amide bonds. The summed E-state index contributed by atoms with van der Waals surface area (Å²) in [5.41, 5.74) is 1.95. The van der Waals surface area contributed by atoms with Gasteiger partial charge in [0.05, 0.1) is 0 Å². The van der Waals surface area contributed by atoms with E-state index in [0.717, 1.165) is 30.5 Å². The van der Waals surface area contributed by atoms with Crippen LogP contribution in [0.2, 0.25) is 0 Å². The number of rotatable bonds is 17. The van der Waals surface area contributed by atoms with Crippen LogP contribution in [0, 0.1) is 6.92 Å². The van der Waals surface area contributed by atoms with E-state index in [0.29, 0.717) is 6.42 Å². The highest BCUT2D eigenvalue weighted by Crippen LogP contribution is 2.29. The van der Waals surface area contributed by atoms with Gasteiger partial charge in [0, 0.05) is 12.1 Å². The van der Waals surface area contributed by atoms with Crippen LogP contribution in [0.25, 0.3) is 0 Å². The molecular formula is C26H42Cl3N3OS. The van der Waals surface area contributed by atoms with Gasteiger partial charge in [0.15, 0.2) is 5.11 Å². The Balaban J connectivity index is 2.17. The van der Waals surface area contributed by atoms with Crippen molar-refractivity contribution >= 4 is 63.7 Å². The number of aryl methyl sites for hydroxylation is 1. The fraction of sp³-hybridized carbons (Fsp3) is 0.692. The zero-order valence-corrected chi connectivity index (χ0v) is 23.8. The van der Waals surface area contributed by atoms with Crippen LogP contribution < -0.4 is 16.0 Å². The van der Waals surface area contributed by atoms with Gasteiger partial charge in [-0.15, -0.1) is 0 Å². The van der Waals surface area contributed by atoms with Gasteiger partial charge in [-0.2, -0.15) is 0 Å². The third-order valence-corrected chi connectivity index (χ3v) is 6.60. The predicted octanol–water partition coefficient (Wildman–Crippen LogP) is 8.58. The first-order chi connectivity index (χ1) is 16.2. The zero-order chi connectivity index (χ0) is 25.2. The SMILES string of the molecule is CCCCCCCCCCCCCCCC(=O)N[C@H](NC(=S)Nc1ccc(C)cc1)C(Cl)(Cl)Cl. The number of thiocarbonyl (C=S) groups is 1. The molecule has 0 saturated heterocycles. The second kappa shape index (κ2) is 18.5. The lowest BCUT2D eigenvalue weighted by Gasteiger charge is -2.27. The minimum absolute atomic E-state index is 0.162. The number of hydrogen-bond donors (Lipinski definition) is 3. The number of alkyl halides is 3. The Labute approximate surface area is 227 Å². The number of amides is 1. The molecule has 0 saturated carbocycles. The van der Waals surface area contributed by atoms with Gasteiger partial charge in [-0.3, -0.25) is 4.79 Å². The molecule has 0 unspecified atom stereocenters. The van der Waals surface area contributed by atoms with Crippen LogP contribution in [-0.4, -0.2) is 21.0 Å². The molecule has 1 aromatic rings. The number of anilines is 1. The summed E-state index contributed by atoms with van der Waals surface area (Å²) in [6.07, 6.45) is 15.9. The van der Waals surface area contributed by atoms with Crippen molar-refractivity contribution in [3.63, 3.8) is 0 Å². The van der Waals surface area contributed by atoms with Crippen molar-refractivity contribution in [1.29, 1.82) is 0 Å². The Morgan fingerprint density at radius 3 is 1.76 bits per heavy atom. The van der Waals surface area contributed by atoms with Crippen molar-refractivity contribution < 1.29 is 4.79 Å². The Morgan fingerprint density at radius 1 is 0.824 bits per heavy atom. The average Bonchev–Trinajstić information content (AvgIpc) is 2.77. The number of carbonyl (C=O) groups is 1. The molecule has 8 heteroatoms. The van der Waals surface area contributed by atoms with Crippen molar-refractivity contribution in [2.45, 2.75) is 114 Å². The number of nitrogens with one attached hydrogen (secondary N) is 3. The number of benzene rings is 1. The lowest BCUT2D eigenvalue weighted by Crippen LogP contribution is -2.56. The van der Waals surface area contributed by atoms with Gasteiger partial charge in [0.1, 0.15) is 6.17 Å². The molecular weight excluding hydrogens is 509 g/mol. The van der Waals surface area contributed by atoms with Crippen molar-refractivity contribution in [2.24, 2.45) is 0 Å². The Kier molecular flexibility index (Phi) is 17.0. The number of hydrogen-bond acceptors (Lipinski definition) is 2. The van der Waals surface area contributed by atoms with Crippen LogP contribution in [0.3, 0.4) is 0 Å². The summed E-state index contributed by atoms with van der Waals surface area (Å²) in [5.74, 6) is -0.162. The normalized spacial score (nSPS) is 12.3. The minimum Gasteiger partial charge on any atom is -0.339 e. The lowest BCUT2D eigenvalue weighted by molar-refractivity contribution is -0.122. The molecule has 0 radical (unpaired) electrons. The van der Waals surface area contributed by atoms with E-state index in [2.05, 4.69) is 22.9 Å². The highest BCUT2D eigenvalue weighted by atomic mass is 35.6. The fourth-order valence-electron chi connectivity index (χ4n) is 3.67. The molecule has 0 aliphatic rings. The molecule has 34 heavy (non-hydrogen) atoms.